The number of carbonyl (C=O) groups excluding carboxylic acids is 1. The molecule has 1 aromatic heterocycles. The van der Waals surface area contributed by atoms with Gasteiger partial charge in [-0.3, -0.25) is 9.89 Å². The Morgan fingerprint density at radius 1 is 1.29 bits per heavy atom. The van der Waals surface area contributed by atoms with E-state index < -0.39 is 23.9 Å². The molecule has 0 aromatic carbocycles. The number of rotatable bonds is 5. The number of aromatic amines is 1. The Labute approximate surface area is 143 Å². The van der Waals surface area contributed by atoms with Gasteiger partial charge in [-0.25, -0.2) is 0 Å². The van der Waals surface area contributed by atoms with Crippen LogP contribution in [0.4, 0.5) is 13.2 Å². The third-order valence-electron chi connectivity index (χ3n) is 4.89. The number of aromatic nitrogens is 3. The van der Waals surface area contributed by atoms with Crippen molar-refractivity contribution in [1.29, 1.82) is 0 Å². The zero-order valence-corrected chi connectivity index (χ0v) is 14.1. The van der Waals surface area contributed by atoms with Crippen molar-refractivity contribution in [3.63, 3.8) is 0 Å². The molecule has 1 aromatic rings. The molecule has 0 bridgehead atoms. The molecule has 2 saturated carbocycles. The summed E-state index contributed by atoms with van der Waals surface area (Å²) in [6.45, 7) is 0.684. The number of halogens is 3. The fourth-order valence-corrected chi connectivity index (χ4v) is 3.69. The standard InChI is InChI=1S/C15H21F3N4OS/c16-15(17,18)11-4-2-1-3-10(11)13(23)19-7-8-22-12(9-5-6-9)20-21-14(22)24/h9-11H,1-8H2,(H,19,23)(H,21,24). The van der Waals surface area contributed by atoms with Gasteiger partial charge in [-0.2, -0.15) is 18.3 Å². The SMILES string of the molecule is O=C(NCCn1c(C2CC2)n[nH]c1=S)C1CCCCC1C(F)(F)F. The first kappa shape index (κ1) is 17.4. The van der Waals surface area contributed by atoms with Crippen molar-refractivity contribution < 1.29 is 18.0 Å². The third kappa shape index (κ3) is 3.81. The first-order valence-electron chi connectivity index (χ1n) is 8.37. The molecule has 3 rings (SSSR count). The molecule has 2 aliphatic rings. The van der Waals surface area contributed by atoms with E-state index in [1.54, 1.807) is 0 Å². The number of H-pyrrole nitrogens is 1. The van der Waals surface area contributed by atoms with Crippen LogP contribution in [0.3, 0.4) is 0 Å². The number of hydrogen-bond donors (Lipinski definition) is 2. The third-order valence-corrected chi connectivity index (χ3v) is 5.20. The van der Waals surface area contributed by atoms with Crippen molar-refractivity contribution in [2.45, 2.75) is 57.2 Å². The Balaban J connectivity index is 1.57. The Morgan fingerprint density at radius 2 is 2.00 bits per heavy atom. The second-order valence-electron chi connectivity index (χ2n) is 6.64. The van der Waals surface area contributed by atoms with Crippen LogP contribution in [0, 0.1) is 16.6 Å². The molecule has 0 saturated heterocycles. The van der Waals surface area contributed by atoms with Crippen LogP contribution in [-0.4, -0.2) is 33.4 Å². The summed E-state index contributed by atoms with van der Waals surface area (Å²) >= 11 is 5.18. The van der Waals surface area contributed by atoms with Crippen molar-refractivity contribution in [1.82, 2.24) is 20.1 Å². The predicted octanol–water partition coefficient (Wildman–Crippen LogP) is 3.30. The Kier molecular flexibility index (Phi) is 4.98. The van der Waals surface area contributed by atoms with E-state index in [4.69, 9.17) is 12.2 Å². The van der Waals surface area contributed by atoms with E-state index in [0.717, 1.165) is 18.7 Å². The van der Waals surface area contributed by atoms with Crippen LogP contribution in [0.2, 0.25) is 0 Å². The molecule has 1 amide bonds. The quantitative estimate of drug-likeness (QED) is 0.790. The number of nitrogens with zero attached hydrogens (tertiary/aromatic N) is 2. The normalized spacial score (nSPS) is 24.8. The van der Waals surface area contributed by atoms with Gasteiger partial charge in [-0.15, -0.1) is 0 Å². The maximum absolute atomic E-state index is 13.1. The van der Waals surface area contributed by atoms with Gasteiger partial charge in [0, 0.05) is 24.9 Å². The van der Waals surface area contributed by atoms with Gasteiger partial charge in [-0.1, -0.05) is 12.8 Å². The van der Waals surface area contributed by atoms with Gasteiger partial charge >= 0.3 is 6.18 Å². The van der Waals surface area contributed by atoms with Gasteiger partial charge in [0.1, 0.15) is 5.82 Å². The maximum atomic E-state index is 13.1. The summed E-state index contributed by atoms with van der Waals surface area (Å²) in [6.07, 6.45) is -0.627. The molecule has 2 unspecified atom stereocenters. The van der Waals surface area contributed by atoms with Crippen LogP contribution in [0.1, 0.15) is 50.3 Å². The van der Waals surface area contributed by atoms with Crippen molar-refractivity contribution in [3.8, 4) is 0 Å². The largest absolute Gasteiger partial charge is 0.392 e. The second-order valence-corrected chi connectivity index (χ2v) is 7.03. The van der Waals surface area contributed by atoms with Crippen LogP contribution in [0.25, 0.3) is 0 Å². The highest BCUT2D eigenvalue weighted by Crippen LogP contribution is 2.41. The Hall–Kier alpha value is -1.38. The predicted molar refractivity (Wildman–Crippen MR) is 83.9 cm³/mol. The van der Waals surface area contributed by atoms with Crippen molar-refractivity contribution in [2.24, 2.45) is 11.8 Å². The summed E-state index contributed by atoms with van der Waals surface area (Å²) in [5, 5.41) is 9.59. The minimum atomic E-state index is -4.31. The minimum Gasteiger partial charge on any atom is -0.354 e. The molecule has 2 fully saturated rings. The van der Waals surface area contributed by atoms with Gasteiger partial charge in [0.05, 0.1) is 5.92 Å². The zero-order chi connectivity index (χ0) is 17.3. The molecule has 2 atom stereocenters. The summed E-state index contributed by atoms with van der Waals surface area (Å²) in [5.74, 6) is -1.72. The summed E-state index contributed by atoms with van der Waals surface area (Å²) in [5.41, 5.74) is 0. The highest BCUT2D eigenvalue weighted by Gasteiger charge is 2.47. The molecule has 2 N–H and O–H groups in total. The smallest absolute Gasteiger partial charge is 0.354 e. The van der Waals surface area contributed by atoms with Crippen molar-refractivity contribution in [2.75, 3.05) is 6.54 Å². The van der Waals surface area contributed by atoms with Gasteiger partial charge in [0.25, 0.3) is 0 Å². The molecule has 0 spiro atoms. The van der Waals surface area contributed by atoms with E-state index in [-0.39, 0.29) is 13.0 Å². The van der Waals surface area contributed by atoms with Gasteiger partial charge in [0.2, 0.25) is 5.91 Å². The lowest BCUT2D eigenvalue weighted by molar-refractivity contribution is -0.198. The molecule has 0 aliphatic heterocycles. The monoisotopic (exact) mass is 362 g/mol. The number of amides is 1. The van der Waals surface area contributed by atoms with E-state index in [2.05, 4.69) is 15.5 Å². The number of nitrogens with one attached hydrogen (secondary N) is 2. The summed E-state index contributed by atoms with van der Waals surface area (Å²) in [4.78, 5) is 12.2. The van der Waals surface area contributed by atoms with E-state index in [9.17, 15) is 18.0 Å². The first-order valence-corrected chi connectivity index (χ1v) is 8.78. The molecule has 9 heteroatoms. The van der Waals surface area contributed by atoms with Crippen molar-refractivity contribution >= 4 is 18.1 Å². The van der Waals surface area contributed by atoms with Crippen LogP contribution >= 0.6 is 12.2 Å². The highest BCUT2D eigenvalue weighted by atomic mass is 32.1. The van der Waals surface area contributed by atoms with Gasteiger partial charge in [-0.05, 0) is 37.9 Å². The molecular formula is C15H21F3N4OS. The lowest BCUT2D eigenvalue weighted by Gasteiger charge is -2.32. The highest BCUT2D eigenvalue weighted by molar-refractivity contribution is 7.71. The first-order chi connectivity index (χ1) is 11.4. The van der Waals surface area contributed by atoms with E-state index in [1.807, 2.05) is 4.57 Å². The Bertz CT molecular complexity index is 650. The molecule has 134 valence electrons. The Morgan fingerprint density at radius 3 is 2.67 bits per heavy atom. The summed E-state index contributed by atoms with van der Waals surface area (Å²) < 4.78 is 41.6. The van der Waals surface area contributed by atoms with E-state index >= 15 is 0 Å². The number of hydrogen-bond acceptors (Lipinski definition) is 3. The topological polar surface area (TPSA) is 62.7 Å². The molecule has 0 radical (unpaired) electrons. The van der Waals surface area contributed by atoms with Crippen LogP contribution in [0.15, 0.2) is 0 Å². The fraction of sp³-hybridized carbons (Fsp3) is 0.800. The maximum Gasteiger partial charge on any atom is 0.392 e. The van der Waals surface area contributed by atoms with E-state index in [0.29, 0.717) is 36.5 Å². The lowest BCUT2D eigenvalue weighted by atomic mass is 9.78. The van der Waals surface area contributed by atoms with Crippen LogP contribution < -0.4 is 5.32 Å². The number of alkyl halides is 3. The molecule has 2 aliphatic carbocycles. The zero-order valence-electron chi connectivity index (χ0n) is 13.2. The van der Waals surface area contributed by atoms with E-state index in [1.165, 1.54) is 0 Å². The van der Waals surface area contributed by atoms with Crippen LogP contribution in [-0.2, 0) is 11.3 Å². The summed E-state index contributed by atoms with van der Waals surface area (Å²) in [6, 6.07) is 0. The van der Waals surface area contributed by atoms with Crippen molar-refractivity contribution in [3.05, 3.63) is 10.6 Å². The average Bonchev–Trinajstić information content (AvgIpc) is 3.31. The molecule has 24 heavy (non-hydrogen) atoms. The second kappa shape index (κ2) is 6.85. The molecule has 5 nitrogen and oxygen atoms in total. The minimum absolute atomic E-state index is 0.0419. The molecular weight excluding hydrogens is 341 g/mol. The lowest BCUT2D eigenvalue weighted by Crippen LogP contribution is -2.43. The molecule has 1 heterocycles. The average molecular weight is 362 g/mol. The van der Waals surface area contributed by atoms with Gasteiger partial charge < -0.3 is 9.88 Å². The van der Waals surface area contributed by atoms with Gasteiger partial charge in [0.15, 0.2) is 4.77 Å². The van der Waals surface area contributed by atoms with Crippen LogP contribution in [0.5, 0.6) is 0 Å². The number of carbonyl (C=O) groups is 1. The fourth-order valence-electron chi connectivity index (χ4n) is 3.46. The summed E-state index contributed by atoms with van der Waals surface area (Å²) in [7, 11) is 0.